The second-order valence-corrected chi connectivity index (χ2v) is 14.6. The van der Waals surface area contributed by atoms with Crippen LogP contribution in [0.25, 0.3) is 0 Å². The third-order valence-electron chi connectivity index (χ3n) is 7.54. The molecule has 0 saturated carbocycles. The van der Waals surface area contributed by atoms with Gasteiger partial charge in [-0.05, 0) is 38.5 Å². The van der Waals surface area contributed by atoms with Crippen molar-refractivity contribution < 1.29 is 42.1 Å². The van der Waals surface area contributed by atoms with Crippen molar-refractivity contribution in [3.05, 3.63) is 12.2 Å². The van der Waals surface area contributed by atoms with E-state index in [1.165, 1.54) is 64.2 Å². The van der Waals surface area contributed by atoms with Gasteiger partial charge in [-0.15, -0.1) is 0 Å². The first-order chi connectivity index (χ1) is 21.5. The minimum Gasteiger partial charge on any atom is -0.756 e. The van der Waals surface area contributed by atoms with Crippen LogP contribution >= 0.6 is 7.82 Å². The molecular weight excluding hydrogens is 593 g/mol. The maximum Gasteiger partial charge on any atom is 0.306 e. The highest BCUT2D eigenvalue weighted by Gasteiger charge is 2.21. The molecule has 0 saturated heterocycles. The number of phosphoric ester groups is 1. The summed E-state index contributed by atoms with van der Waals surface area (Å²) in [5.74, 6) is -0.858. The van der Waals surface area contributed by atoms with Gasteiger partial charge in [0.1, 0.15) is 19.8 Å². The molecule has 0 radical (unpaired) electrons. The van der Waals surface area contributed by atoms with E-state index in [0.717, 1.165) is 51.4 Å². The van der Waals surface area contributed by atoms with Crippen LogP contribution in [-0.2, 0) is 32.7 Å². The van der Waals surface area contributed by atoms with Crippen molar-refractivity contribution in [3.8, 4) is 0 Å². The number of hydrogen-bond acceptors (Lipinski definition) is 8. The lowest BCUT2D eigenvalue weighted by Gasteiger charge is -2.28. The summed E-state index contributed by atoms with van der Waals surface area (Å²) < 4.78 is 33.4. The molecule has 266 valence electrons. The van der Waals surface area contributed by atoms with Gasteiger partial charge in [0.05, 0.1) is 27.7 Å². The Hall–Kier alpha value is -1.25. The lowest BCUT2D eigenvalue weighted by Crippen LogP contribution is -2.37. The van der Waals surface area contributed by atoms with Crippen molar-refractivity contribution in [2.75, 3.05) is 47.5 Å². The first-order valence-electron chi connectivity index (χ1n) is 17.9. The number of quaternary nitrogens is 1. The fourth-order valence-electron chi connectivity index (χ4n) is 4.65. The van der Waals surface area contributed by atoms with Crippen molar-refractivity contribution in [1.29, 1.82) is 0 Å². The number of phosphoric acid groups is 1. The molecule has 0 aromatic heterocycles. The second kappa shape index (κ2) is 28.9. The van der Waals surface area contributed by atoms with E-state index < -0.39 is 32.5 Å². The molecule has 0 heterocycles. The van der Waals surface area contributed by atoms with E-state index in [4.69, 9.17) is 18.5 Å². The number of esters is 2. The third kappa shape index (κ3) is 32.5. The van der Waals surface area contributed by atoms with Gasteiger partial charge in [0.25, 0.3) is 7.82 Å². The molecule has 0 aromatic rings. The Balaban J connectivity index is 4.27. The van der Waals surface area contributed by atoms with Crippen LogP contribution in [0.2, 0.25) is 0 Å². The molecule has 2 atom stereocenters. The van der Waals surface area contributed by atoms with Crippen molar-refractivity contribution in [2.45, 2.75) is 155 Å². The van der Waals surface area contributed by atoms with Gasteiger partial charge in [-0.2, -0.15) is 0 Å². The molecule has 9 nitrogen and oxygen atoms in total. The van der Waals surface area contributed by atoms with E-state index >= 15 is 0 Å². The minimum atomic E-state index is -4.60. The largest absolute Gasteiger partial charge is 0.756 e. The van der Waals surface area contributed by atoms with Crippen LogP contribution in [0.3, 0.4) is 0 Å². The van der Waals surface area contributed by atoms with Gasteiger partial charge in [-0.3, -0.25) is 14.2 Å². The van der Waals surface area contributed by atoms with Crippen LogP contribution in [0.5, 0.6) is 0 Å². The average molecular weight is 662 g/mol. The number of ether oxygens (including phenoxy) is 2. The highest BCUT2D eigenvalue weighted by molar-refractivity contribution is 7.45. The Bertz CT molecular complexity index is 799. The Labute approximate surface area is 276 Å². The first-order valence-corrected chi connectivity index (χ1v) is 19.4. The number of unbranched alkanes of at least 4 members (excludes halogenated alkanes) is 16. The Morgan fingerprint density at radius 3 is 1.67 bits per heavy atom. The van der Waals surface area contributed by atoms with Crippen molar-refractivity contribution in [3.63, 3.8) is 0 Å². The number of carbonyl (C=O) groups is 2. The molecule has 45 heavy (non-hydrogen) atoms. The minimum absolute atomic E-state index is 0.0299. The predicted octanol–water partition coefficient (Wildman–Crippen LogP) is 8.44. The lowest BCUT2D eigenvalue weighted by molar-refractivity contribution is -0.870. The number of rotatable bonds is 32. The summed E-state index contributed by atoms with van der Waals surface area (Å²) in [6.45, 7) is 4.07. The first kappa shape index (κ1) is 43.8. The van der Waals surface area contributed by atoms with Gasteiger partial charge >= 0.3 is 11.9 Å². The van der Waals surface area contributed by atoms with Crippen molar-refractivity contribution in [1.82, 2.24) is 0 Å². The summed E-state index contributed by atoms with van der Waals surface area (Å²) in [5, 5.41) is 0. The predicted molar refractivity (Wildman–Crippen MR) is 181 cm³/mol. The van der Waals surface area contributed by atoms with Crippen LogP contribution in [-0.4, -0.2) is 70.0 Å². The highest BCUT2D eigenvalue weighted by atomic mass is 31.2. The van der Waals surface area contributed by atoms with E-state index in [2.05, 4.69) is 26.0 Å². The molecular formula is C35H68NO8P. The molecule has 0 amide bonds. The lowest BCUT2D eigenvalue weighted by atomic mass is 10.1. The zero-order valence-corrected chi connectivity index (χ0v) is 30.5. The van der Waals surface area contributed by atoms with Gasteiger partial charge in [0, 0.05) is 12.8 Å². The standard InChI is InChI=1S/C35H68NO8P/c1-6-8-10-12-13-14-15-16-17-18-19-20-21-22-23-24-26-28-35(38)44-33(31-41-34(37)27-25-11-9-7-2)32-43-45(39,40)42-30-29-36(3,4)5/h16-17,33H,6-15,18-32H2,1-5H3/b17-16-. The molecule has 0 spiro atoms. The Morgan fingerprint density at radius 2 is 1.13 bits per heavy atom. The zero-order chi connectivity index (χ0) is 33.7. The van der Waals surface area contributed by atoms with Gasteiger partial charge < -0.3 is 27.9 Å². The normalized spacial score (nSPS) is 14.0. The molecule has 0 N–H and O–H groups in total. The SMILES string of the molecule is CCCCCCCC/C=C\CCCCCCCCCC(=O)OC(COC(=O)CCCCCC)COP(=O)([O-])OCC[N+](C)(C)C. The third-order valence-corrected chi connectivity index (χ3v) is 8.50. The van der Waals surface area contributed by atoms with Crippen LogP contribution in [0.1, 0.15) is 149 Å². The smallest absolute Gasteiger partial charge is 0.306 e. The van der Waals surface area contributed by atoms with Crippen LogP contribution in [0.15, 0.2) is 12.2 Å². The Kier molecular flexibility index (Phi) is 28.1. The molecule has 0 bridgehead atoms. The van der Waals surface area contributed by atoms with E-state index in [1.54, 1.807) is 0 Å². The van der Waals surface area contributed by atoms with Crippen LogP contribution in [0, 0.1) is 0 Å². The van der Waals surface area contributed by atoms with Gasteiger partial charge in [-0.1, -0.05) is 109 Å². The zero-order valence-electron chi connectivity index (χ0n) is 29.6. The summed E-state index contributed by atoms with van der Waals surface area (Å²) in [5.41, 5.74) is 0. The van der Waals surface area contributed by atoms with E-state index in [-0.39, 0.29) is 26.1 Å². The molecule has 10 heteroatoms. The molecule has 0 aromatic carbocycles. The molecule has 0 aliphatic carbocycles. The number of carbonyl (C=O) groups excluding carboxylic acids is 2. The number of nitrogens with zero attached hydrogens (tertiary/aromatic N) is 1. The summed E-state index contributed by atoms with van der Waals surface area (Å²) >= 11 is 0. The molecule has 0 fully saturated rings. The van der Waals surface area contributed by atoms with Crippen molar-refractivity contribution in [2.24, 2.45) is 0 Å². The number of allylic oxidation sites excluding steroid dienone is 2. The maximum absolute atomic E-state index is 12.5. The molecule has 2 unspecified atom stereocenters. The summed E-state index contributed by atoms with van der Waals surface area (Å²) in [4.78, 5) is 36.9. The van der Waals surface area contributed by atoms with Gasteiger partial charge in [0.15, 0.2) is 6.10 Å². The van der Waals surface area contributed by atoms with Crippen LogP contribution < -0.4 is 4.89 Å². The quantitative estimate of drug-likeness (QED) is 0.0232. The van der Waals surface area contributed by atoms with Crippen LogP contribution in [0.4, 0.5) is 0 Å². The number of likely N-dealkylation sites (N-methyl/N-ethyl adjacent to an activating group) is 1. The monoisotopic (exact) mass is 661 g/mol. The molecule has 0 rings (SSSR count). The Morgan fingerprint density at radius 1 is 0.667 bits per heavy atom. The molecule has 0 aliphatic heterocycles. The summed E-state index contributed by atoms with van der Waals surface area (Å²) in [7, 11) is 1.16. The fraction of sp³-hybridized carbons (Fsp3) is 0.886. The van der Waals surface area contributed by atoms with E-state index in [0.29, 0.717) is 17.4 Å². The second-order valence-electron chi connectivity index (χ2n) is 13.2. The fourth-order valence-corrected chi connectivity index (χ4v) is 5.38. The molecule has 0 aliphatic rings. The highest BCUT2D eigenvalue weighted by Crippen LogP contribution is 2.38. The maximum atomic E-state index is 12.5. The van der Waals surface area contributed by atoms with E-state index in [1.807, 2.05) is 21.1 Å². The average Bonchev–Trinajstić information content (AvgIpc) is 2.97. The van der Waals surface area contributed by atoms with E-state index in [9.17, 15) is 19.0 Å². The topological polar surface area (TPSA) is 111 Å². The van der Waals surface area contributed by atoms with Gasteiger partial charge in [-0.25, -0.2) is 0 Å². The van der Waals surface area contributed by atoms with Crippen molar-refractivity contribution >= 4 is 19.8 Å². The summed E-state index contributed by atoms with van der Waals surface area (Å²) in [6.07, 6.45) is 25.8. The van der Waals surface area contributed by atoms with Gasteiger partial charge in [0.2, 0.25) is 0 Å². The number of hydrogen-bond donors (Lipinski definition) is 0. The summed E-state index contributed by atoms with van der Waals surface area (Å²) in [6, 6.07) is 0.